The summed E-state index contributed by atoms with van der Waals surface area (Å²) in [4.78, 5) is 12.1. The fourth-order valence-corrected chi connectivity index (χ4v) is 2.45. The van der Waals surface area contributed by atoms with Crippen molar-refractivity contribution in [3.05, 3.63) is 42.2 Å². The highest BCUT2D eigenvalue weighted by Crippen LogP contribution is 2.23. The Labute approximate surface area is 144 Å². The molecule has 3 rings (SSSR count). The van der Waals surface area contributed by atoms with Gasteiger partial charge in [-0.25, -0.2) is 0 Å². The number of aryl methyl sites for hydroxylation is 1. The number of nitrogens with zero attached hydrogens (tertiary/aromatic N) is 4. The molecule has 0 atom stereocenters. The number of hydrogen-bond donors (Lipinski definition) is 1. The van der Waals surface area contributed by atoms with Crippen LogP contribution in [0.3, 0.4) is 0 Å². The topological polar surface area (TPSA) is 90.6 Å². The first kappa shape index (κ1) is 16.7. The number of para-hydroxylation sites is 2. The van der Waals surface area contributed by atoms with Gasteiger partial charge in [-0.05, 0) is 24.6 Å². The fraction of sp³-hybridized carbons (Fsp3) is 0.294. The quantitative estimate of drug-likeness (QED) is 0.708. The van der Waals surface area contributed by atoms with Crippen LogP contribution in [0.5, 0.6) is 11.6 Å². The normalized spacial score (nSPS) is 10.6. The van der Waals surface area contributed by atoms with E-state index in [-0.39, 0.29) is 5.91 Å². The van der Waals surface area contributed by atoms with Crippen molar-refractivity contribution in [1.82, 2.24) is 19.8 Å². The van der Waals surface area contributed by atoms with Gasteiger partial charge in [-0.1, -0.05) is 12.1 Å². The maximum Gasteiger partial charge on any atom is 0.231 e. The molecule has 0 saturated heterocycles. The number of fused-ring (bicyclic) bond motifs is 1. The van der Waals surface area contributed by atoms with Crippen LogP contribution in [0.2, 0.25) is 0 Å². The predicted molar refractivity (Wildman–Crippen MR) is 91.9 cm³/mol. The number of amides is 1. The number of anilines is 1. The van der Waals surface area contributed by atoms with E-state index in [1.165, 1.54) is 0 Å². The van der Waals surface area contributed by atoms with Gasteiger partial charge in [-0.2, -0.15) is 4.52 Å². The fourth-order valence-electron chi connectivity index (χ4n) is 2.45. The summed E-state index contributed by atoms with van der Waals surface area (Å²) in [6.45, 7) is 0. The lowest BCUT2D eigenvalue weighted by Crippen LogP contribution is -2.12. The SMILES string of the molecule is COc1ccc2nnc(CCCC(=O)Nc3ccccc3OC)n2n1. The summed E-state index contributed by atoms with van der Waals surface area (Å²) in [5.41, 5.74) is 1.31. The van der Waals surface area contributed by atoms with E-state index in [0.717, 1.165) is 0 Å². The predicted octanol–water partition coefficient (Wildman–Crippen LogP) is 2.10. The van der Waals surface area contributed by atoms with Gasteiger partial charge in [0.25, 0.3) is 0 Å². The Bertz CT molecular complexity index is 878. The van der Waals surface area contributed by atoms with Gasteiger partial charge in [0.15, 0.2) is 11.5 Å². The van der Waals surface area contributed by atoms with Crippen molar-refractivity contribution in [2.75, 3.05) is 19.5 Å². The molecule has 0 aliphatic rings. The summed E-state index contributed by atoms with van der Waals surface area (Å²) >= 11 is 0. The lowest BCUT2D eigenvalue weighted by Gasteiger charge is -2.09. The average molecular weight is 341 g/mol. The molecule has 0 aliphatic carbocycles. The molecule has 1 N–H and O–H groups in total. The standard InChI is InChI=1S/C17H19N5O3/c1-24-13-7-4-3-6-12(13)18-16(23)9-5-8-14-19-20-15-10-11-17(25-2)21-22(14)15/h3-4,6-7,10-11H,5,8-9H2,1-2H3,(H,18,23). The molecular formula is C17H19N5O3. The van der Waals surface area contributed by atoms with Crippen LogP contribution in [0.15, 0.2) is 36.4 Å². The van der Waals surface area contributed by atoms with E-state index in [4.69, 9.17) is 9.47 Å². The number of ether oxygens (including phenoxy) is 2. The van der Waals surface area contributed by atoms with Gasteiger partial charge in [0.05, 0.1) is 19.9 Å². The minimum atomic E-state index is -0.0798. The molecule has 0 bridgehead atoms. The summed E-state index contributed by atoms with van der Waals surface area (Å²) in [7, 11) is 3.13. The van der Waals surface area contributed by atoms with E-state index in [1.54, 1.807) is 43.0 Å². The van der Waals surface area contributed by atoms with Crippen molar-refractivity contribution >= 4 is 17.2 Å². The molecule has 0 spiro atoms. The Morgan fingerprint density at radius 2 is 1.96 bits per heavy atom. The Balaban J connectivity index is 1.58. The monoisotopic (exact) mass is 341 g/mol. The van der Waals surface area contributed by atoms with Gasteiger partial charge >= 0.3 is 0 Å². The summed E-state index contributed by atoms with van der Waals surface area (Å²) in [6, 6.07) is 10.8. The van der Waals surface area contributed by atoms with Gasteiger partial charge in [0, 0.05) is 18.9 Å². The molecule has 130 valence electrons. The number of benzene rings is 1. The van der Waals surface area contributed by atoms with Crippen LogP contribution < -0.4 is 14.8 Å². The largest absolute Gasteiger partial charge is 0.495 e. The smallest absolute Gasteiger partial charge is 0.231 e. The number of carbonyl (C=O) groups is 1. The molecule has 0 fully saturated rings. The van der Waals surface area contributed by atoms with Crippen molar-refractivity contribution in [3.8, 4) is 11.6 Å². The number of nitrogens with one attached hydrogen (secondary N) is 1. The molecule has 1 aromatic carbocycles. The molecule has 8 heteroatoms. The summed E-state index contributed by atoms with van der Waals surface area (Å²) < 4.78 is 12.0. The van der Waals surface area contributed by atoms with Crippen molar-refractivity contribution < 1.29 is 14.3 Å². The second kappa shape index (κ2) is 7.61. The molecule has 2 aromatic heterocycles. The molecule has 0 radical (unpaired) electrons. The molecule has 1 amide bonds. The minimum absolute atomic E-state index is 0.0798. The second-order valence-electron chi connectivity index (χ2n) is 5.36. The zero-order valence-electron chi connectivity index (χ0n) is 14.1. The van der Waals surface area contributed by atoms with Crippen LogP contribution in [0.25, 0.3) is 5.65 Å². The molecule has 25 heavy (non-hydrogen) atoms. The molecule has 8 nitrogen and oxygen atoms in total. The van der Waals surface area contributed by atoms with Crippen LogP contribution in [-0.2, 0) is 11.2 Å². The van der Waals surface area contributed by atoms with E-state index in [9.17, 15) is 4.79 Å². The Hall–Kier alpha value is -3.16. The van der Waals surface area contributed by atoms with E-state index in [2.05, 4.69) is 20.6 Å². The van der Waals surface area contributed by atoms with Crippen LogP contribution in [-0.4, -0.2) is 39.9 Å². The van der Waals surface area contributed by atoms with E-state index in [0.29, 0.717) is 48.1 Å². The lowest BCUT2D eigenvalue weighted by atomic mass is 10.2. The number of carbonyl (C=O) groups excluding carboxylic acids is 1. The Kier molecular flexibility index (Phi) is 5.08. The highest BCUT2D eigenvalue weighted by Gasteiger charge is 2.10. The van der Waals surface area contributed by atoms with E-state index < -0.39 is 0 Å². The summed E-state index contributed by atoms with van der Waals surface area (Å²) in [6.07, 6.45) is 1.57. The maximum absolute atomic E-state index is 12.1. The highest BCUT2D eigenvalue weighted by molar-refractivity contribution is 5.92. The average Bonchev–Trinajstić information content (AvgIpc) is 3.04. The number of hydrogen-bond acceptors (Lipinski definition) is 6. The van der Waals surface area contributed by atoms with Crippen LogP contribution in [0.1, 0.15) is 18.7 Å². The molecule has 0 unspecified atom stereocenters. The molecule has 0 aliphatic heterocycles. The zero-order chi connectivity index (χ0) is 17.6. The second-order valence-corrected chi connectivity index (χ2v) is 5.36. The number of methoxy groups -OCH3 is 2. The van der Waals surface area contributed by atoms with Crippen LogP contribution in [0, 0.1) is 0 Å². The van der Waals surface area contributed by atoms with Gasteiger partial charge in [0.2, 0.25) is 11.8 Å². The molecule has 2 heterocycles. The summed E-state index contributed by atoms with van der Waals surface area (Å²) in [5, 5.41) is 15.3. The maximum atomic E-state index is 12.1. The van der Waals surface area contributed by atoms with E-state index >= 15 is 0 Å². The Morgan fingerprint density at radius 3 is 2.76 bits per heavy atom. The first-order valence-corrected chi connectivity index (χ1v) is 7.89. The van der Waals surface area contributed by atoms with Crippen molar-refractivity contribution in [2.45, 2.75) is 19.3 Å². The third-order valence-corrected chi connectivity index (χ3v) is 3.70. The van der Waals surface area contributed by atoms with Crippen LogP contribution >= 0.6 is 0 Å². The minimum Gasteiger partial charge on any atom is -0.495 e. The number of rotatable bonds is 7. The van der Waals surface area contributed by atoms with Crippen molar-refractivity contribution in [3.63, 3.8) is 0 Å². The van der Waals surface area contributed by atoms with Crippen LogP contribution in [0.4, 0.5) is 5.69 Å². The molecule has 3 aromatic rings. The highest BCUT2D eigenvalue weighted by atomic mass is 16.5. The molecule has 0 saturated carbocycles. The summed E-state index contributed by atoms with van der Waals surface area (Å²) in [5.74, 6) is 1.74. The lowest BCUT2D eigenvalue weighted by molar-refractivity contribution is -0.116. The van der Waals surface area contributed by atoms with Gasteiger partial charge < -0.3 is 14.8 Å². The van der Waals surface area contributed by atoms with Gasteiger partial charge in [0.1, 0.15) is 5.75 Å². The third-order valence-electron chi connectivity index (χ3n) is 3.70. The zero-order valence-corrected chi connectivity index (χ0v) is 14.1. The van der Waals surface area contributed by atoms with E-state index in [1.807, 2.05) is 12.1 Å². The van der Waals surface area contributed by atoms with Gasteiger partial charge in [-0.3, -0.25) is 4.79 Å². The van der Waals surface area contributed by atoms with Crippen molar-refractivity contribution in [2.24, 2.45) is 0 Å². The Morgan fingerprint density at radius 1 is 1.12 bits per heavy atom. The first-order chi connectivity index (χ1) is 12.2. The first-order valence-electron chi connectivity index (χ1n) is 7.89. The van der Waals surface area contributed by atoms with Crippen molar-refractivity contribution in [1.29, 1.82) is 0 Å². The number of aromatic nitrogens is 4. The third kappa shape index (κ3) is 3.85. The van der Waals surface area contributed by atoms with Gasteiger partial charge in [-0.15, -0.1) is 15.3 Å². The molecular weight excluding hydrogens is 322 g/mol.